The molecule has 4 nitrogen and oxygen atoms in total. The molecule has 1 fully saturated rings. The molecule has 0 aromatic carbocycles. The monoisotopic (exact) mass is 259 g/mol. The van der Waals surface area contributed by atoms with Crippen LogP contribution in [0, 0.1) is 0 Å². The summed E-state index contributed by atoms with van der Waals surface area (Å²) in [6.07, 6.45) is 6.51. The zero-order valence-corrected chi connectivity index (χ0v) is 10.8. The van der Waals surface area contributed by atoms with Gasteiger partial charge in [-0.15, -0.1) is 10.2 Å². The van der Waals surface area contributed by atoms with Crippen LogP contribution in [0.1, 0.15) is 32.1 Å². The maximum atomic E-state index is 8.72. The van der Waals surface area contributed by atoms with Crippen LogP contribution in [-0.4, -0.2) is 33.7 Å². The summed E-state index contributed by atoms with van der Waals surface area (Å²) in [4.78, 5) is 0. The molecule has 6 heteroatoms. The molecule has 1 aliphatic rings. The van der Waals surface area contributed by atoms with E-state index in [4.69, 9.17) is 5.11 Å². The minimum absolute atomic E-state index is 0.190. The molecule has 1 aromatic heterocycles. The highest BCUT2D eigenvalue weighted by Gasteiger charge is 2.14. The third kappa shape index (κ3) is 3.61. The summed E-state index contributed by atoms with van der Waals surface area (Å²) in [5.41, 5.74) is 0. The highest BCUT2D eigenvalue weighted by molar-refractivity contribution is 8.01. The molecule has 1 saturated carbocycles. The van der Waals surface area contributed by atoms with Gasteiger partial charge in [-0.3, -0.25) is 0 Å². The van der Waals surface area contributed by atoms with Crippen LogP contribution >= 0.6 is 23.1 Å². The van der Waals surface area contributed by atoms with E-state index in [1.165, 1.54) is 32.1 Å². The Kier molecular flexibility index (Phi) is 4.87. The molecule has 1 aliphatic carbocycles. The minimum atomic E-state index is 0.190. The lowest BCUT2D eigenvalue weighted by atomic mass is 9.96. The predicted octanol–water partition coefficient (Wildman–Crippen LogP) is 2.37. The molecule has 2 N–H and O–H groups in total. The number of rotatable bonds is 5. The zero-order chi connectivity index (χ0) is 11.2. The van der Waals surface area contributed by atoms with E-state index in [0.717, 1.165) is 9.47 Å². The molecule has 0 bridgehead atoms. The van der Waals surface area contributed by atoms with Gasteiger partial charge in [0.15, 0.2) is 4.34 Å². The second-order valence-corrected chi connectivity index (χ2v) is 6.24. The highest BCUT2D eigenvalue weighted by atomic mass is 32.2. The number of aliphatic hydroxyl groups is 1. The number of aromatic nitrogens is 2. The van der Waals surface area contributed by atoms with Crippen molar-refractivity contribution in [2.45, 2.75) is 42.5 Å². The molecule has 16 heavy (non-hydrogen) atoms. The normalized spacial score (nSPS) is 17.6. The topological polar surface area (TPSA) is 58.0 Å². The SMILES string of the molecule is OCCSc1nnc(NC2CCCCC2)s1. The predicted molar refractivity (Wildman–Crippen MR) is 68.2 cm³/mol. The zero-order valence-electron chi connectivity index (χ0n) is 9.19. The van der Waals surface area contributed by atoms with Crippen LogP contribution in [0.3, 0.4) is 0 Å². The number of anilines is 1. The van der Waals surface area contributed by atoms with E-state index in [1.54, 1.807) is 23.1 Å². The van der Waals surface area contributed by atoms with Crippen LogP contribution in [0.4, 0.5) is 5.13 Å². The van der Waals surface area contributed by atoms with Crippen molar-refractivity contribution >= 4 is 28.2 Å². The number of nitrogens with one attached hydrogen (secondary N) is 1. The fourth-order valence-electron chi connectivity index (χ4n) is 1.88. The first-order chi connectivity index (χ1) is 7.88. The van der Waals surface area contributed by atoms with E-state index in [1.807, 2.05) is 0 Å². The minimum Gasteiger partial charge on any atom is -0.396 e. The van der Waals surface area contributed by atoms with Gasteiger partial charge in [0.1, 0.15) is 0 Å². The molecule has 0 amide bonds. The van der Waals surface area contributed by atoms with Crippen molar-refractivity contribution in [3.63, 3.8) is 0 Å². The molecular formula is C10H17N3OS2. The Morgan fingerprint density at radius 2 is 2.12 bits per heavy atom. The summed E-state index contributed by atoms with van der Waals surface area (Å²) in [7, 11) is 0. The van der Waals surface area contributed by atoms with E-state index in [0.29, 0.717) is 11.8 Å². The van der Waals surface area contributed by atoms with Crippen molar-refractivity contribution in [2.75, 3.05) is 17.7 Å². The number of hydrogen-bond donors (Lipinski definition) is 2. The third-order valence-corrected chi connectivity index (χ3v) is 4.62. The second-order valence-electron chi connectivity index (χ2n) is 3.92. The Bertz CT molecular complexity index is 313. The van der Waals surface area contributed by atoms with Crippen LogP contribution < -0.4 is 5.32 Å². The number of hydrogen-bond acceptors (Lipinski definition) is 6. The van der Waals surface area contributed by atoms with Crippen molar-refractivity contribution in [2.24, 2.45) is 0 Å². The first-order valence-electron chi connectivity index (χ1n) is 5.72. The molecule has 2 rings (SSSR count). The van der Waals surface area contributed by atoms with Gasteiger partial charge in [0.25, 0.3) is 0 Å². The molecular weight excluding hydrogens is 242 g/mol. The van der Waals surface area contributed by atoms with Gasteiger partial charge in [-0.1, -0.05) is 42.4 Å². The third-order valence-electron chi connectivity index (χ3n) is 2.66. The van der Waals surface area contributed by atoms with Crippen molar-refractivity contribution < 1.29 is 5.11 Å². The smallest absolute Gasteiger partial charge is 0.206 e. The van der Waals surface area contributed by atoms with Gasteiger partial charge >= 0.3 is 0 Å². The summed E-state index contributed by atoms with van der Waals surface area (Å²) in [6.45, 7) is 0.190. The van der Waals surface area contributed by atoms with Crippen LogP contribution in [0.15, 0.2) is 4.34 Å². The molecule has 1 aromatic rings. The quantitative estimate of drug-likeness (QED) is 0.795. The summed E-state index contributed by atoms with van der Waals surface area (Å²) in [5, 5.41) is 21.3. The number of aliphatic hydroxyl groups excluding tert-OH is 1. The van der Waals surface area contributed by atoms with E-state index in [9.17, 15) is 0 Å². The fourth-order valence-corrected chi connectivity index (χ4v) is 3.52. The molecule has 0 spiro atoms. The first kappa shape index (κ1) is 12.1. The molecule has 0 atom stereocenters. The van der Waals surface area contributed by atoms with Crippen molar-refractivity contribution in [1.29, 1.82) is 0 Å². The lowest BCUT2D eigenvalue weighted by molar-refractivity contribution is 0.322. The Labute approximate surface area is 104 Å². The standard InChI is InChI=1S/C10H17N3OS2/c14-6-7-15-10-13-12-9(16-10)11-8-4-2-1-3-5-8/h8,14H,1-7H2,(H,11,12). The Morgan fingerprint density at radius 3 is 2.88 bits per heavy atom. The second kappa shape index (κ2) is 6.42. The molecule has 0 aliphatic heterocycles. The van der Waals surface area contributed by atoms with Gasteiger partial charge in [-0.05, 0) is 12.8 Å². The fraction of sp³-hybridized carbons (Fsp3) is 0.800. The van der Waals surface area contributed by atoms with Gasteiger partial charge < -0.3 is 10.4 Å². The van der Waals surface area contributed by atoms with E-state index < -0.39 is 0 Å². The van der Waals surface area contributed by atoms with Crippen molar-refractivity contribution in [3.8, 4) is 0 Å². The molecule has 90 valence electrons. The maximum Gasteiger partial charge on any atom is 0.206 e. The summed E-state index contributed by atoms with van der Waals surface area (Å²) in [5.74, 6) is 0.693. The Morgan fingerprint density at radius 1 is 1.31 bits per heavy atom. The molecule has 0 unspecified atom stereocenters. The van der Waals surface area contributed by atoms with Crippen LogP contribution in [0.25, 0.3) is 0 Å². The largest absolute Gasteiger partial charge is 0.396 e. The van der Waals surface area contributed by atoms with Crippen molar-refractivity contribution in [1.82, 2.24) is 10.2 Å². The maximum absolute atomic E-state index is 8.72. The average molecular weight is 259 g/mol. The molecule has 0 saturated heterocycles. The number of thioether (sulfide) groups is 1. The average Bonchev–Trinajstić information content (AvgIpc) is 2.75. The summed E-state index contributed by atoms with van der Waals surface area (Å²) >= 11 is 3.14. The lowest BCUT2D eigenvalue weighted by Crippen LogP contribution is -2.21. The van der Waals surface area contributed by atoms with Crippen LogP contribution in [0.5, 0.6) is 0 Å². The lowest BCUT2D eigenvalue weighted by Gasteiger charge is -2.21. The van der Waals surface area contributed by atoms with Crippen LogP contribution in [0.2, 0.25) is 0 Å². The van der Waals surface area contributed by atoms with E-state index in [2.05, 4.69) is 15.5 Å². The summed E-state index contributed by atoms with van der Waals surface area (Å²) < 4.78 is 0.937. The highest BCUT2D eigenvalue weighted by Crippen LogP contribution is 2.27. The Hall–Kier alpha value is -0.330. The van der Waals surface area contributed by atoms with Gasteiger partial charge in [0, 0.05) is 11.8 Å². The van der Waals surface area contributed by atoms with Gasteiger partial charge in [-0.25, -0.2) is 0 Å². The molecule has 0 radical (unpaired) electrons. The van der Waals surface area contributed by atoms with Gasteiger partial charge in [0.2, 0.25) is 5.13 Å². The van der Waals surface area contributed by atoms with Crippen molar-refractivity contribution in [3.05, 3.63) is 0 Å². The van der Waals surface area contributed by atoms with E-state index in [-0.39, 0.29) is 6.61 Å². The van der Waals surface area contributed by atoms with Gasteiger partial charge in [0.05, 0.1) is 6.61 Å². The molecule has 1 heterocycles. The van der Waals surface area contributed by atoms with E-state index >= 15 is 0 Å². The number of nitrogens with zero attached hydrogens (tertiary/aromatic N) is 2. The van der Waals surface area contributed by atoms with Gasteiger partial charge in [-0.2, -0.15) is 0 Å². The first-order valence-corrected chi connectivity index (χ1v) is 7.52. The summed E-state index contributed by atoms with van der Waals surface area (Å²) in [6, 6.07) is 0.581. The Balaban J connectivity index is 1.81. The van der Waals surface area contributed by atoms with Crippen LogP contribution in [-0.2, 0) is 0 Å².